The summed E-state index contributed by atoms with van der Waals surface area (Å²) in [6.07, 6.45) is 1.77. The number of sulfonamides is 1. The lowest BCUT2D eigenvalue weighted by Gasteiger charge is -2.14. The van der Waals surface area contributed by atoms with Gasteiger partial charge in [0, 0.05) is 6.04 Å². The molecule has 1 atom stereocenters. The van der Waals surface area contributed by atoms with E-state index in [-0.39, 0.29) is 10.9 Å². The molecule has 0 saturated carbocycles. The summed E-state index contributed by atoms with van der Waals surface area (Å²) < 4.78 is 32.8. The largest absolute Gasteiger partial charge is 0.496 e. The fraction of sp³-hybridized carbons (Fsp3) is 0.500. The molecule has 1 aromatic carbocycles. The number of hydrogen-bond donors (Lipinski definition) is 1. The highest BCUT2D eigenvalue weighted by Crippen LogP contribution is 2.24. The van der Waals surface area contributed by atoms with Crippen molar-refractivity contribution in [2.45, 2.75) is 37.6 Å². The minimum atomic E-state index is -3.44. The minimum Gasteiger partial charge on any atom is -0.496 e. The second-order valence-electron chi connectivity index (χ2n) is 4.11. The molecular formula is C12H18INO3S. The summed E-state index contributed by atoms with van der Waals surface area (Å²) in [4.78, 5) is 0.274. The molecule has 0 aliphatic rings. The zero-order valence-corrected chi connectivity index (χ0v) is 13.7. The maximum Gasteiger partial charge on any atom is 0.240 e. The first-order chi connectivity index (χ1) is 8.40. The van der Waals surface area contributed by atoms with Gasteiger partial charge in [-0.15, -0.1) is 0 Å². The van der Waals surface area contributed by atoms with Gasteiger partial charge in [-0.2, -0.15) is 0 Å². The van der Waals surface area contributed by atoms with Gasteiger partial charge < -0.3 is 4.74 Å². The van der Waals surface area contributed by atoms with E-state index in [1.54, 1.807) is 25.3 Å². The molecule has 0 unspecified atom stereocenters. The van der Waals surface area contributed by atoms with E-state index in [0.717, 1.165) is 16.4 Å². The van der Waals surface area contributed by atoms with Gasteiger partial charge in [-0.1, -0.05) is 13.3 Å². The normalized spacial score (nSPS) is 13.3. The first kappa shape index (κ1) is 15.7. The van der Waals surface area contributed by atoms with Crippen LogP contribution in [-0.4, -0.2) is 21.6 Å². The van der Waals surface area contributed by atoms with Crippen LogP contribution in [0.3, 0.4) is 0 Å². The van der Waals surface area contributed by atoms with Crippen molar-refractivity contribution in [3.05, 3.63) is 21.8 Å². The monoisotopic (exact) mass is 383 g/mol. The summed E-state index contributed by atoms with van der Waals surface area (Å²) in [7, 11) is -1.88. The predicted molar refractivity (Wildman–Crippen MR) is 80.4 cm³/mol. The van der Waals surface area contributed by atoms with Gasteiger partial charge >= 0.3 is 0 Å². The number of hydrogen-bond acceptors (Lipinski definition) is 3. The Morgan fingerprint density at radius 2 is 2.11 bits per heavy atom. The fourth-order valence-corrected chi connectivity index (χ4v) is 3.89. The predicted octanol–water partition coefficient (Wildman–Crippen LogP) is 2.77. The Balaban J connectivity index is 2.95. The van der Waals surface area contributed by atoms with Crippen LogP contribution in [0.5, 0.6) is 5.75 Å². The summed E-state index contributed by atoms with van der Waals surface area (Å²) in [5.41, 5.74) is 0. The lowest BCUT2D eigenvalue weighted by Crippen LogP contribution is -2.32. The van der Waals surface area contributed by atoms with Crippen LogP contribution < -0.4 is 9.46 Å². The SMILES string of the molecule is CCC[C@H](C)NS(=O)(=O)c1ccc(OC)c(I)c1. The fourth-order valence-electron chi connectivity index (χ4n) is 1.64. The Morgan fingerprint density at radius 3 is 2.61 bits per heavy atom. The van der Waals surface area contributed by atoms with Crippen molar-refractivity contribution in [3.8, 4) is 5.75 Å². The van der Waals surface area contributed by atoms with Crippen LogP contribution in [0.25, 0.3) is 0 Å². The van der Waals surface area contributed by atoms with Crippen LogP contribution in [0, 0.1) is 3.57 Å². The molecule has 1 aromatic rings. The Labute approximate surface area is 122 Å². The molecular weight excluding hydrogens is 365 g/mol. The summed E-state index contributed by atoms with van der Waals surface area (Å²) in [6, 6.07) is 4.78. The zero-order chi connectivity index (χ0) is 13.8. The molecule has 6 heteroatoms. The number of ether oxygens (including phenoxy) is 1. The zero-order valence-electron chi connectivity index (χ0n) is 10.7. The molecule has 18 heavy (non-hydrogen) atoms. The van der Waals surface area contributed by atoms with E-state index in [2.05, 4.69) is 27.3 Å². The first-order valence-electron chi connectivity index (χ1n) is 5.76. The van der Waals surface area contributed by atoms with Crippen LogP contribution >= 0.6 is 22.6 Å². The van der Waals surface area contributed by atoms with E-state index in [4.69, 9.17) is 4.74 Å². The number of halogens is 1. The van der Waals surface area contributed by atoms with Crippen LogP contribution in [0.1, 0.15) is 26.7 Å². The molecule has 1 rings (SSSR count). The highest BCUT2D eigenvalue weighted by molar-refractivity contribution is 14.1. The third kappa shape index (κ3) is 4.10. The average Bonchev–Trinajstić information content (AvgIpc) is 2.28. The van der Waals surface area contributed by atoms with Gasteiger partial charge in [-0.05, 0) is 54.1 Å². The van der Waals surface area contributed by atoms with Crippen molar-refractivity contribution in [2.75, 3.05) is 7.11 Å². The second-order valence-corrected chi connectivity index (χ2v) is 6.98. The number of rotatable bonds is 6. The van der Waals surface area contributed by atoms with E-state index < -0.39 is 10.0 Å². The van der Waals surface area contributed by atoms with Crippen molar-refractivity contribution >= 4 is 32.6 Å². The summed E-state index contributed by atoms with van der Waals surface area (Å²) in [6.45, 7) is 3.90. The first-order valence-corrected chi connectivity index (χ1v) is 8.32. The Hall–Kier alpha value is -0.340. The van der Waals surface area contributed by atoms with E-state index in [9.17, 15) is 8.42 Å². The molecule has 0 amide bonds. The molecule has 0 aromatic heterocycles. The smallest absolute Gasteiger partial charge is 0.240 e. The second kappa shape index (κ2) is 6.72. The molecule has 0 heterocycles. The minimum absolute atomic E-state index is 0.0558. The summed E-state index contributed by atoms with van der Waals surface area (Å²) in [5.74, 6) is 0.677. The standard InChI is InChI=1S/C12H18INO3S/c1-4-5-9(2)14-18(15,16)10-6-7-12(17-3)11(13)8-10/h6-9,14H,4-5H2,1-3H3/t9-/m0/s1. The topological polar surface area (TPSA) is 55.4 Å². The Bertz CT molecular complexity index is 502. The van der Waals surface area contributed by atoms with Crippen LogP contribution in [-0.2, 0) is 10.0 Å². The number of methoxy groups -OCH3 is 1. The van der Waals surface area contributed by atoms with Crippen molar-refractivity contribution in [2.24, 2.45) is 0 Å². The van der Waals surface area contributed by atoms with E-state index in [1.807, 2.05) is 13.8 Å². The van der Waals surface area contributed by atoms with Crippen molar-refractivity contribution in [1.29, 1.82) is 0 Å². The quantitative estimate of drug-likeness (QED) is 0.769. The maximum atomic E-state index is 12.1. The van der Waals surface area contributed by atoms with Crippen LogP contribution in [0.2, 0.25) is 0 Å². The van der Waals surface area contributed by atoms with Crippen molar-refractivity contribution < 1.29 is 13.2 Å². The third-order valence-corrected chi connectivity index (χ3v) is 4.94. The van der Waals surface area contributed by atoms with Gasteiger partial charge in [0.2, 0.25) is 10.0 Å². The van der Waals surface area contributed by atoms with Crippen molar-refractivity contribution in [1.82, 2.24) is 4.72 Å². The lowest BCUT2D eigenvalue weighted by atomic mass is 10.2. The molecule has 0 saturated heterocycles. The molecule has 1 N–H and O–H groups in total. The molecule has 0 radical (unpaired) electrons. The molecule has 4 nitrogen and oxygen atoms in total. The van der Waals surface area contributed by atoms with Crippen LogP contribution in [0.4, 0.5) is 0 Å². The van der Waals surface area contributed by atoms with E-state index in [1.165, 1.54) is 0 Å². The molecule has 0 aliphatic heterocycles. The maximum absolute atomic E-state index is 12.1. The van der Waals surface area contributed by atoms with Gasteiger partial charge in [0.1, 0.15) is 5.75 Å². The number of nitrogens with one attached hydrogen (secondary N) is 1. The number of benzene rings is 1. The van der Waals surface area contributed by atoms with Gasteiger partial charge in [-0.25, -0.2) is 13.1 Å². The van der Waals surface area contributed by atoms with Gasteiger partial charge in [0.05, 0.1) is 15.6 Å². The Kier molecular flexibility index (Phi) is 5.87. The van der Waals surface area contributed by atoms with Gasteiger partial charge in [0.15, 0.2) is 0 Å². The van der Waals surface area contributed by atoms with E-state index >= 15 is 0 Å². The highest BCUT2D eigenvalue weighted by Gasteiger charge is 2.18. The summed E-state index contributed by atoms with van der Waals surface area (Å²) in [5, 5.41) is 0. The molecule has 102 valence electrons. The average molecular weight is 383 g/mol. The van der Waals surface area contributed by atoms with Crippen LogP contribution in [0.15, 0.2) is 23.1 Å². The van der Waals surface area contributed by atoms with Gasteiger partial charge in [0.25, 0.3) is 0 Å². The highest BCUT2D eigenvalue weighted by atomic mass is 127. The Morgan fingerprint density at radius 1 is 1.44 bits per heavy atom. The molecule has 0 bridgehead atoms. The molecule has 0 spiro atoms. The van der Waals surface area contributed by atoms with E-state index in [0.29, 0.717) is 5.75 Å². The third-order valence-electron chi connectivity index (χ3n) is 2.51. The van der Waals surface area contributed by atoms with Crippen molar-refractivity contribution in [3.63, 3.8) is 0 Å². The lowest BCUT2D eigenvalue weighted by molar-refractivity contribution is 0.411. The molecule has 0 aliphatic carbocycles. The molecule has 0 fully saturated rings. The summed E-state index contributed by atoms with van der Waals surface area (Å²) >= 11 is 2.06. The van der Waals surface area contributed by atoms with Gasteiger partial charge in [-0.3, -0.25) is 0 Å².